The Morgan fingerprint density at radius 2 is 1.76 bits per heavy atom. The van der Waals surface area contributed by atoms with Gasteiger partial charge in [0.05, 0.1) is 5.92 Å². The van der Waals surface area contributed by atoms with Crippen molar-refractivity contribution >= 4 is 16.8 Å². The molecule has 0 aromatic heterocycles. The molecule has 0 fully saturated rings. The van der Waals surface area contributed by atoms with E-state index in [0.29, 0.717) is 5.56 Å². The zero-order chi connectivity index (χ0) is 13.0. The SMILES string of the molecule is CC(C)C(C(=O)Cl)c1ccc(OC(F)F)cc1. The number of alkyl halides is 2. The fraction of sp³-hybridized carbons (Fsp3) is 0.417. The van der Waals surface area contributed by atoms with E-state index in [-0.39, 0.29) is 11.7 Å². The summed E-state index contributed by atoms with van der Waals surface area (Å²) in [6.45, 7) is 0.889. The van der Waals surface area contributed by atoms with E-state index in [0.717, 1.165) is 0 Å². The van der Waals surface area contributed by atoms with Crippen LogP contribution in [0.4, 0.5) is 8.78 Å². The molecule has 0 heterocycles. The summed E-state index contributed by atoms with van der Waals surface area (Å²) in [4.78, 5) is 11.3. The Kier molecular flexibility index (Phi) is 4.87. The summed E-state index contributed by atoms with van der Waals surface area (Å²) in [6.07, 6.45) is 0. The molecular formula is C12H13ClF2O2. The first kappa shape index (κ1) is 13.9. The Hall–Kier alpha value is -1.16. The second kappa shape index (κ2) is 5.96. The molecule has 0 aliphatic rings. The Labute approximate surface area is 104 Å². The van der Waals surface area contributed by atoms with E-state index in [1.807, 2.05) is 13.8 Å². The van der Waals surface area contributed by atoms with Crippen LogP contribution in [0.25, 0.3) is 0 Å². The first-order valence-electron chi connectivity index (χ1n) is 5.16. The molecule has 0 radical (unpaired) electrons. The Morgan fingerprint density at radius 3 is 2.12 bits per heavy atom. The van der Waals surface area contributed by atoms with Crippen molar-refractivity contribution in [3.05, 3.63) is 29.8 Å². The number of hydrogen-bond acceptors (Lipinski definition) is 2. The molecule has 5 heteroatoms. The second-order valence-corrected chi connectivity index (χ2v) is 4.35. The van der Waals surface area contributed by atoms with Crippen molar-refractivity contribution in [1.82, 2.24) is 0 Å². The summed E-state index contributed by atoms with van der Waals surface area (Å²) < 4.78 is 28.1. The van der Waals surface area contributed by atoms with Crippen molar-refractivity contribution in [1.29, 1.82) is 0 Å². The molecule has 0 aliphatic heterocycles. The minimum atomic E-state index is -2.85. The van der Waals surface area contributed by atoms with Gasteiger partial charge in [-0.3, -0.25) is 4.79 Å². The van der Waals surface area contributed by atoms with Gasteiger partial charge >= 0.3 is 6.61 Å². The van der Waals surface area contributed by atoms with Crippen molar-refractivity contribution < 1.29 is 18.3 Å². The van der Waals surface area contributed by atoms with Crippen molar-refractivity contribution in [2.75, 3.05) is 0 Å². The number of halogens is 3. The molecule has 0 saturated heterocycles. The van der Waals surface area contributed by atoms with Crippen LogP contribution in [0.2, 0.25) is 0 Å². The Morgan fingerprint density at radius 1 is 1.24 bits per heavy atom. The summed E-state index contributed by atoms with van der Waals surface area (Å²) in [6, 6.07) is 5.94. The highest BCUT2D eigenvalue weighted by Crippen LogP contribution is 2.28. The predicted molar refractivity (Wildman–Crippen MR) is 61.5 cm³/mol. The van der Waals surface area contributed by atoms with Gasteiger partial charge in [0.25, 0.3) is 0 Å². The summed E-state index contributed by atoms with van der Waals surface area (Å²) in [5, 5.41) is -0.456. The van der Waals surface area contributed by atoms with E-state index in [2.05, 4.69) is 4.74 Å². The monoisotopic (exact) mass is 262 g/mol. The second-order valence-electron chi connectivity index (χ2n) is 3.97. The summed E-state index contributed by atoms with van der Waals surface area (Å²) >= 11 is 5.51. The van der Waals surface area contributed by atoms with Gasteiger partial charge in [-0.15, -0.1) is 0 Å². The maximum absolute atomic E-state index is 11.9. The lowest BCUT2D eigenvalue weighted by atomic mass is 9.89. The average Bonchev–Trinajstić information content (AvgIpc) is 2.18. The summed E-state index contributed by atoms with van der Waals surface area (Å²) in [5.41, 5.74) is 0.696. The third-order valence-electron chi connectivity index (χ3n) is 2.38. The Balaban J connectivity index is 2.88. The van der Waals surface area contributed by atoms with Gasteiger partial charge in [-0.25, -0.2) is 0 Å². The molecule has 0 amide bonds. The molecule has 94 valence electrons. The normalized spacial score (nSPS) is 12.9. The van der Waals surface area contributed by atoms with E-state index in [1.165, 1.54) is 12.1 Å². The van der Waals surface area contributed by atoms with Crippen molar-refractivity contribution in [3.8, 4) is 5.75 Å². The van der Waals surface area contributed by atoms with Gasteiger partial charge in [0, 0.05) is 0 Å². The van der Waals surface area contributed by atoms with Gasteiger partial charge in [-0.05, 0) is 35.2 Å². The van der Waals surface area contributed by atoms with Gasteiger partial charge in [-0.2, -0.15) is 8.78 Å². The van der Waals surface area contributed by atoms with E-state index >= 15 is 0 Å². The topological polar surface area (TPSA) is 26.3 Å². The predicted octanol–water partition coefficient (Wildman–Crippen LogP) is 3.79. The number of carbonyl (C=O) groups is 1. The molecule has 0 aliphatic carbocycles. The number of carbonyl (C=O) groups excluding carboxylic acids is 1. The molecule has 1 atom stereocenters. The Bertz CT molecular complexity index is 377. The highest BCUT2D eigenvalue weighted by molar-refractivity contribution is 6.64. The van der Waals surface area contributed by atoms with Gasteiger partial charge in [0.1, 0.15) is 5.75 Å². The van der Waals surface area contributed by atoms with Crippen molar-refractivity contribution in [2.24, 2.45) is 5.92 Å². The number of benzene rings is 1. The minimum Gasteiger partial charge on any atom is -0.435 e. The zero-order valence-corrected chi connectivity index (χ0v) is 10.2. The first-order valence-corrected chi connectivity index (χ1v) is 5.53. The molecule has 1 aromatic rings. The number of rotatable bonds is 5. The largest absolute Gasteiger partial charge is 0.435 e. The summed E-state index contributed by atoms with van der Waals surface area (Å²) in [5.74, 6) is -0.326. The molecule has 0 saturated carbocycles. The standard InChI is InChI=1S/C12H13ClF2O2/c1-7(2)10(11(13)16)8-3-5-9(6-4-8)17-12(14)15/h3-7,10,12H,1-2H3. The molecule has 1 rings (SSSR count). The fourth-order valence-electron chi connectivity index (χ4n) is 1.63. The lowest BCUT2D eigenvalue weighted by molar-refractivity contribution is -0.113. The lowest BCUT2D eigenvalue weighted by Gasteiger charge is -2.17. The number of hydrogen-bond donors (Lipinski definition) is 0. The average molecular weight is 263 g/mol. The highest BCUT2D eigenvalue weighted by Gasteiger charge is 2.22. The van der Waals surface area contributed by atoms with Gasteiger partial charge < -0.3 is 4.74 Å². The third-order valence-corrected chi connectivity index (χ3v) is 2.61. The highest BCUT2D eigenvalue weighted by atomic mass is 35.5. The van der Waals surface area contributed by atoms with Gasteiger partial charge in [0.15, 0.2) is 0 Å². The van der Waals surface area contributed by atoms with E-state index in [4.69, 9.17) is 11.6 Å². The van der Waals surface area contributed by atoms with Crippen LogP contribution in [-0.2, 0) is 4.79 Å². The smallest absolute Gasteiger partial charge is 0.387 e. The fourth-order valence-corrected chi connectivity index (χ4v) is 2.01. The zero-order valence-electron chi connectivity index (χ0n) is 9.49. The van der Waals surface area contributed by atoms with Crippen LogP contribution >= 0.6 is 11.6 Å². The molecule has 0 bridgehead atoms. The minimum absolute atomic E-state index is 0.0434. The maximum Gasteiger partial charge on any atom is 0.387 e. The maximum atomic E-state index is 11.9. The molecule has 1 aromatic carbocycles. The van der Waals surface area contributed by atoms with Crippen molar-refractivity contribution in [2.45, 2.75) is 26.4 Å². The molecule has 2 nitrogen and oxygen atoms in total. The lowest BCUT2D eigenvalue weighted by Crippen LogP contribution is -2.13. The first-order chi connectivity index (χ1) is 7.91. The van der Waals surface area contributed by atoms with Gasteiger partial charge in [0.2, 0.25) is 5.24 Å². The molecule has 17 heavy (non-hydrogen) atoms. The van der Waals surface area contributed by atoms with Crippen molar-refractivity contribution in [3.63, 3.8) is 0 Å². The van der Waals surface area contributed by atoms with Crippen LogP contribution in [-0.4, -0.2) is 11.9 Å². The van der Waals surface area contributed by atoms with Gasteiger partial charge in [-0.1, -0.05) is 26.0 Å². The molecule has 1 unspecified atom stereocenters. The van der Waals surface area contributed by atoms with Crippen LogP contribution in [0.1, 0.15) is 25.3 Å². The van der Waals surface area contributed by atoms with Crippen LogP contribution in [0.3, 0.4) is 0 Å². The van der Waals surface area contributed by atoms with E-state index < -0.39 is 17.8 Å². The van der Waals surface area contributed by atoms with E-state index in [1.54, 1.807) is 12.1 Å². The van der Waals surface area contributed by atoms with E-state index in [9.17, 15) is 13.6 Å². The van der Waals surface area contributed by atoms with Crippen LogP contribution < -0.4 is 4.74 Å². The van der Waals surface area contributed by atoms with Crippen LogP contribution in [0, 0.1) is 5.92 Å². The van der Waals surface area contributed by atoms with Crippen LogP contribution in [0.15, 0.2) is 24.3 Å². The molecule has 0 N–H and O–H groups in total. The molecular weight excluding hydrogens is 250 g/mol. The quantitative estimate of drug-likeness (QED) is 0.755. The van der Waals surface area contributed by atoms with Crippen LogP contribution in [0.5, 0.6) is 5.75 Å². The molecule has 0 spiro atoms. The number of ether oxygens (including phenoxy) is 1. The third kappa shape index (κ3) is 3.97. The summed E-state index contributed by atoms with van der Waals surface area (Å²) in [7, 11) is 0.